The van der Waals surface area contributed by atoms with E-state index in [-0.39, 0.29) is 24.5 Å². The van der Waals surface area contributed by atoms with Gasteiger partial charge in [-0.2, -0.15) is 0 Å². The molecule has 5 nitrogen and oxygen atoms in total. The molecular weight excluding hydrogens is 220 g/mol. The van der Waals surface area contributed by atoms with Crippen molar-refractivity contribution in [3.05, 3.63) is 0 Å². The van der Waals surface area contributed by atoms with E-state index in [1.54, 1.807) is 11.8 Å². The monoisotopic (exact) mass is 242 g/mol. The highest BCUT2D eigenvalue weighted by Crippen LogP contribution is 2.27. The Morgan fingerprint density at radius 2 is 2.06 bits per heavy atom. The van der Waals surface area contributed by atoms with Crippen molar-refractivity contribution in [2.45, 2.75) is 39.2 Å². The number of hydrogen-bond donors (Lipinski definition) is 1. The van der Waals surface area contributed by atoms with E-state index >= 15 is 0 Å². The number of carbonyl (C=O) groups is 2. The molecule has 1 aliphatic carbocycles. The zero-order valence-electron chi connectivity index (χ0n) is 10.7. The van der Waals surface area contributed by atoms with E-state index in [9.17, 15) is 9.59 Å². The van der Waals surface area contributed by atoms with Gasteiger partial charge in [0.25, 0.3) is 0 Å². The van der Waals surface area contributed by atoms with Crippen LogP contribution in [0, 0.1) is 0 Å². The first-order valence-electron chi connectivity index (χ1n) is 6.34. The maximum atomic E-state index is 11.9. The average molecular weight is 242 g/mol. The fourth-order valence-electron chi connectivity index (χ4n) is 1.67. The summed E-state index contributed by atoms with van der Waals surface area (Å²) in [6, 6.07) is 0.258. The van der Waals surface area contributed by atoms with Gasteiger partial charge in [-0.1, -0.05) is 6.92 Å². The van der Waals surface area contributed by atoms with Crippen LogP contribution in [0.4, 0.5) is 0 Å². The number of amides is 1. The lowest BCUT2D eigenvalue weighted by Gasteiger charge is -2.21. The minimum absolute atomic E-state index is 0.0431. The molecule has 1 saturated carbocycles. The molecule has 0 radical (unpaired) electrons. The van der Waals surface area contributed by atoms with Crippen molar-refractivity contribution in [1.29, 1.82) is 0 Å². The number of carbonyl (C=O) groups excluding carboxylic acids is 2. The average Bonchev–Trinajstić information content (AvgIpc) is 3.10. The number of hydrogen-bond acceptors (Lipinski definition) is 4. The van der Waals surface area contributed by atoms with Gasteiger partial charge >= 0.3 is 5.97 Å². The topological polar surface area (TPSA) is 58.6 Å². The summed E-state index contributed by atoms with van der Waals surface area (Å²) in [7, 11) is 0. The number of nitrogens with zero attached hydrogens (tertiary/aromatic N) is 1. The lowest BCUT2D eigenvalue weighted by molar-refractivity contribution is -0.149. The molecular formula is C12H22N2O3. The van der Waals surface area contributed by atoms with Crippen LogP contribution in [0.2, 0.25) is 0 Å². The highest BCUT2D eigenvalue weighted by molar-refractivity contribution is 5.82. The summed E-state index contributed by atoms with van der Waals surface area (Å²) in [4.78, 5) is 25.0. The summed E-state index contributed by atoms with van der Waals surface area (Å²) in [5.74, 6) is -0.266. The summed E-state index contributed by atoms with van der Waals surface area (Å²) in [6.07, 6.45) is 2.46. The van der Waals surface area contributed by atoms with Crippen molar-refractivity contribution < 1.29 is 14.3 Å². The molecule has 0 aromatic heterocycles. The normalized spacial score (nSPS) is 14.5. The highest BCUT2D eigenvalue weighted by atomic mass is 16.5. The van der Waals surface area contributed by atoms with Crippen molar-refractivity contribution in [3.8, 4) is 0 Å². The first kappa shape index (κ1) is 14.0. The van der Waals surface area contributed by atoms with Crippen LogP contribution in [-0.4, -0.2) is 49.1 Å². The van der Waals surface area contributed by atoms with Gasteiger partial charge in [-0.25, -0.2) is 0 Å². The van der Waals surface area contributed by atoms with Crippen molar-refractivity contribution in [2.75, 3.05) is 26.2 Å². The van der Waals surface area contributed by atoms with Gasteiger partial charge in [0.05, 0.1) is 6.61 Å². The Morgan fingerprint density at radius 3 is 2.59 bits per heavy atom. The van der Waals surface area contributed by atoms with Crippen LogP contribution in [0.5, 0.6) is 0 Å². The first-order valence-corrected chi connectivity index (χ1v) is 6.34. The molecule has 1 N–H and O–H groups in total. The van der Waals surface area contributed by atoms with Crippen molar-refractivity contribution >= 4 is 11.9 Å². The second kappa shape index (κ2) is 7.27. The Labute approximate surface area is 102 Å². The van der Waals surface area contributed by atoms with Crippen molar-refractivity contribution in [1.82, 2.24) is 10.2 Å². The SMILES string of the molecule is CCNCCC(=O)N(CC(=O)OCC)C1CC1. The van der Waals surface area contributed by atoms with Gasteiger partial charge < -0.3 is 15.0 Å². The standard InChI is InChI=1S/C12H22N2O3/c1-3-13-8-7-11(15)14(10-5-6-10)9-12(16)17-4-2/h10,13H,3-9H2,1-2H3. The Bertz CT molecular complexity index is 264. The number of nitrogens with one attached hydrogen (secondary N) is 1. The molecule has 1 rings (SSSR count). The molecule has 0 unspecified atom stereocenters. The Kier molecular flexibility index (Phi) is 5.97. The van der Waals surface area contributed by atoms with Crippen LogP contribution in [0.1, 0.15) is 33.1 Å². The summed E-state index contributed by atoms with van der Waals surface area (Å²) in [5.41, 5.74) is 0. The fourth-order valence-corrected chi connectivity index (χ4v) is 1.67. The fraction of sp³-hybridized carbons (Fsp3) is 0.833. The molecule has 0 bridgehead atoms. The minimum Gasteiger partial charge on any atom is -0.465 e. The molecule has 0 saturated heterocycles. The smallest absolute Gasteiger partial charge is 0.325 e. The molecule has 1 amide bonds. The van der Waals surface area contributed by atoms with Gasteiger partial charge in [0.1, 0.15) is 6.54 Å². The Morgan fingerprint density at radius 1 is 1.35 bits per heavy atom. The van der Waals surface area contributed by atoms with Crippen LogP contribution in [-0.2, 0) is 14.3 Å². The molecule has 0 heterocycles. The molecule has 0 aromatic carbocycles. The number of ether oxygens (including phenoxy) is 1. The van der Waals surface area contributed by atoms with Crippen LogP contribution in [0.3, 0.4) is 0 Å². The van der Waals surface area contributed by atoms with Crippen LogP contribution in [0.15, 0.2) is 0 Å². The van der Waals surface area contributed by atoms with Crippen LogP contribution < -0.4 is 5.32 Å². The molecule has 17 heavy (non-hydrogen) atoms. The van der Waals surface area contributed by atoms with Gasteiger partial charge in [-0.05, 0) is 26.3 Å². The number of rotatable bonds is 8. The minimum atomic E-state index is -0.309. The maximum Gasteiger partial charge on any atom is 0.325 e. The van der Waals surface area contributed by atoms with Gasteiger partial charge in [-0.3, -0.25) is 9.59 Å². The van der Waals surface area contributed by atoms with E-state index < -0.39 is 0 Å². The summed E-state index contributed by atoms with van der Waals surface area (Å²) >= 11 is 0. The van der Waals surface area contributed by atoms with E-state index in [0.29, 0.717) is 19.6 Å². The van der Waals surface area contributed by atoms with E-state index in [2.05, 4.69) is 5.32 Å². The second-order valence-electron chi connectivity index (χ2n) is 4.16. The van der Waals surface area contributed by atoms with Crippen molar-refractivity contribution in [2.24, 2.45) is 0 Å². The number of esters is 1. The Hall–Kier alpha value is -1.10. The van der Waals surface area contributed by atoms with Gasteiger partial charge in [-0.15, -0.1) is 0 Å². The predicted molar refractivity (Wildman–Crippen MR) is 64.5 cm³/mol. The summed E-state index contributed by atoms with van der Waals surface area (Å²) in [5, 5.41) is 3.11. The molecule has 98 valence electrons. The first-order chi connectivity index (χ1) is 8.19. The molecule has 0 atom stereocenters. The second-order valence-corrected chi connectivity index (χ2v) is 4.16. The molecule has 1 aliphatic rings. The van der Waals surface area contributed by atoms with Crippen LogP contribution in [0.25, 0.3) is 0 Å². The van der Waals surface area contributed by atoms with E-state index in [1.165, 1.54) is 0 Å². The largest absolute Gasteiger partial charge is 0.465 e. The summed E-state index contributed by atoms with van der Waals surface area (Å²) < 4.78 is 4.88. The predicted octanol–water partition coefficient (Wildman–Crippen LogP) is 0.540. The lowest BCUT2D eigenvalue weighted by Crippen LogP contribution is -2.39. The van der Waals surface area contributed by atoms with E-state index in [0.717, 1.165) is 19.4 Å². The highest BCUT2D eigenvalue weighted by Gasteiger charge is 2.33. The van der Waals surface area contributed by atoms with E-state index in [4.69, 9.17) is 4.74 Å². The molecule has 0 aromatic rings. The Balaban J connectivity index is 2.36. The summed E-state index contributed by atoms with van der Waals surface area (Å²) in [6.45, 7) is 5.76. The van der Waals surface area contributed by atoms with Gasteiger partial charge in [0.15, 0.2) is 0 Å². The maximum absolute atomic E-state index is 11.9. The lowest BCUT2D eigenvalue weighted by atomic mass is 10.3. The third kappa shape index (κ3) is 5.17. The molecule has 5 heteroatoms. The van der Waals surface area contributed by atoms with Gasteiger partial charge in [0, 0.05) is 19.0 Å². The third-order valence-electron chi connectivity index (χ3n) is 2.68. The third-order valence-corrected chi connectivity index (χ3v) is 2.68. The zero-order valence-corrected chi connectivity index (χ0v) is 10.7. The molecule has 1 fully saturated rings. The quantitative estimate of drug-likeness (QED) is 0.498. The molecule has 0 spiro atoms. The van der Waals surface area contributed by atoms with E-state index in [1.807, 2.05) is 6.92 Å². The molecule has 0 aliphatic heterocycles. The zero-order chi connectivity index (χ0) is 12.7. The van der Waals surface area contributed by atoms with Gasteiger partial charge in [0.2, 0.25) is 5.91 Å². The van der Waals surface area contributed by atoms with Crippen LogP contribution >= 0.6 is 0 Å². The van der Waals surface area contributed by atoms with Crippen molar-refractivity contribution in [3.63, 3.8) is 0 Å².